The van der Waals surface area contributed by atoms with Crippen LogP contribution in [0.2, 0.25) is 5.15 Å². The predicted molar refractivity (Wildman–Crippen MR) is 73.8 cm³/mol. The van der Waals surface area contributed by atoms with Gasteiger partial charge in [-0.2, -0.15) is 0 Å². The van der Waals surface area contributed by atoms with Crippen molar-refractivity contribution in [2.24, 2.45) is 0 Å². The van der Waals surface area contributed by atoms with Crippen LogP contribution < -0.4 is 4.74 Å². The smallest absolute Gasteiger partial charge is 0.343 e. The molecule has 0 aromatic carbocycles. The first kappa shape index (κ1) is 15.2. The average molecular weight is 283 g/mol. The normalized spacial score (nSPS) is 9.53. The molecule has 0 bridgehead atoms. The topological polar surface area (TPSA) is 61.3 Å². The van der Waals surface area contributed by atoms with Gasteiger partial charge in [-0.25, -0.2) is 14.8 Å². The minimum Gasteiger partial charge on any atom is -0.480 e. The Balaban J connectivity index is 0.000000861. The Morgan fingerprint density at radius 3 is 2.58 bits per heavy atom. The number of fused-ring (bicyclic) bond motifs is 1. The molecule has 0 aliphatic carbocycles. The van der Waals surface area contributed by atoms with Crippen LogP contribution in [0.4, 0.5) is 0 Å². The van der Waals surface area contributed by atoms with E-state index in [2.05, 4.69) is 14.7 Å². The fraction of sp³-hybridized carbons (Fsp3) is 0.308. The van der Waals surface area contributed by atoms with Gasteiger partial charge in [0.05, 0.1) is 14.2 Å². The summed E-state index contributed by atoms with van der Waals surface area (Å²) in [7, 11) is 2.72. The number of hydrogen-bond acceptors (Lipinski definition) is 5. The molecule has 0 unspecified atom stereocenters. The van der Waals surface area contributed by atoms with Gasteiger partial charge in [0.2, 0.25) is 5.88 Å². The van der Waals surface area contributed by atoms with Gasteiger partial charge in [-0.05, 0) is 12.1 Å². The number of carbonyl (C=O) groups is 1. The van der Waals surface area contributed by atoms with Crippen molar-refractivity contribution in [3.05, 3.63) is 29.0 Å². The summed E-state index contributed by atoms with van der Waals surface area (Å²) in [6.45, 7) is 4.00. The van der Waals surface area contributed by atoms with Crippen LogP contribution in [0.15, 0.2) is 18.3 Å². The molecule has 0 aliphatic heterocycles. The lowest BCUT2D eigenvalue weighted by Gasteiger charge is -2.07. The number of halogens is 1. The lowest BCUT2D eigenvalue weighted by molar-refractivity contribution is 0.0596. The molecule has 0 amide bonds. The second-order valence-corrected chi connectivity index (χ2v) is 3.57. The fourth-order valence-corrected chi connectivity index (χ4v) is 1.67. The maximum atomic E-state index is 11.5. The van der Waals surface area contributed by atoms with E-state index in [4.69, 9.17) is 16.3 Å². The van der Waals surface area contributed by atoms with Crippen LogP contribution in [0.25, 0.3) is 10.9 Å². The first-order valence-electron chi connectivity index (χ1n) is 5.75. The standard InChI is InChI=1S/C11H9ClN2O3.C2H6/c1-16-10-7(11(15)17-2)5-6-3-4-13-9(12)8(6)14-10;1-2/h3-5H,1-2H3;1-2H3. The first-order valence-corrected chi connectivity index (χ1v) is 6.12. The zero-order chi connectivity index (χ0) is 14.4. The van der Waals surface area contributed by atoms with E-state index in [0.717, 1.165) is 0 Å². The summed E-state index contributed by atoms with van der Waals surface area (Å²) < 4.78 is 9.68. The third kappa shape index (κ3) is 3.12. The number of ether oxygens (including phenoxy) is 2. The zero-order valence-electron chi connectivity index (χ0n) is 11.2. The second-order valence-electron chi connectivity index (χ2n) is 3.21. The van der Waals surface area contributed by atoms with Crippen molar-refractivity contribution in [3.63, 3.8) is 0 Å². The molecular weight excluding hydrogens is 268 g/mol. The highest BCUT2D eigenvalue weighted by Crippen LogP contribution is 2.26. The minimum atomic E-state index is -0.510. The van der Waals surface area contributed by atoms with E-state index in [1.165, 1.54) is 14.2 Å². The Kier molecular flexibility index (Phi) is 5.51. The number of nitrogens with zero attached hydrogens (tertiary/aromatic N) is 2. The number of pyridine rings is 2. The van der Waals surface area contributed by atoms with Gasteiger partial charge in [-0.1, -0.05) is 25.4 Å². The van der Waals surface area contributed by atoms with Gasteiger partial charge in [0.15, 0.2) is 5.15 Å². The Bertz CT molecular complexity index is 587. The van der Waals surface area contributed by atoms with Crippen LogP contribution in [0.3, 0.4) is 0 Å². The van der Waals surface area contributed by atoms with Gasteiger partial charge in [0.25, 0.3) is 0 Å². The van der Waals surface area contributed by atoms with Crippen LogP contribution in [-0.2, 0) is 4.74 Å². The molecule has 2 rings (SSSR count). The monoisotopic (exact) mass is 282 g/mol. The van der Waals surface area contributed by atoms with Crippen molar-refractivity contribution >= 4 is 28.5 Å². The molecule has 6 heteroatoms. The number of esters is 1. The molecule has 0 N–H and O–H groups in total. The molecule has 102 valence electrons. The SMILES string of the molecule is CC.COC(=O)c1cc2ccnc(Cl)c2nc1OC. The third-order valence-electron chi connectivity index (χ3n) is 2.25. The summed E-state index contributed by atoms with van der Waals surface area (Å²) in [5.74, 6) is -0.344. The van der Waals surface area contributed by atoms with E-state index in [1.54, 1.807) is 18.3 Å². The van der Waals surface area contributed by atoms with Crippen LogP contribution >= 0.6 is 11.6 Å². The maximum absolute atomic E-state index is 11.5. The summed E-state index contributed by atoms with van der Waals surface area (Å²) in [6, 6.07) is 3.32. The number of carbonyl (C=O) groups excluding carboxylic acids is 1. The van der Waals surface area contributed by atoms with E-state index >= 15 is 0 Å². The van der Waals surface area contributed by atoms with Crippen molar-refractivity contribution in [1.29, 1.82) is 0 Å². The zero-order valence-corrected chi connectivity index (χ0v) is 12.0. The van der Waals surface area contributed by atoms with E-state index in [-0.39, 0.29) is 16.6 Å². The molecule has 2 aromatic heterocycles. The highest BCUT2D eigenvalue weighted by Gasteiger charge is 2.16. The van der Waals surface area contributed by atoms with Crippen LogP contribution in [0.1, 0.15) is 24.2 Å². The van der Waals surface area contributed by atoms with Crippen molar-refractivity contribution in [1.82, 2.24) is 9.97 Å². The highest BCUT2D eigenvalue weighted by molar-refractivity contribution is 6.33. The molecular formula is C13H15ClN2O3. The van der Waals surface area contributed by atoms with E-state index in [1.807, 2.05) is 13.8 Å². The van der Waals surface area contributed by atoms with Gasteiger partial charge >= 0.3 is 5.97 Å². The van der Waals surface area contributed by atoms with Gasteiger partial charge in [-0.3, -0.25) is 0 Å². The summed E-state index contributed by atoms with van der Waals surface area (Å²) in [4.78, 5) is 19.6. The first-order chi connectivity index (χ1) is 9.17. The third-order valence-corrected chi connectivity index (χ3v) is 2.53. The number of hydrogen-bond donors (Lipinski definition) is 0. The van der Waals surface area contributed by atoms with E-state index < -0.39 is 5.97 Å². The molecule has 19 heavy (non-hydrogen) atoms. The quantitative estimate of drug-likeness (QED) is 0.626. The predicted octanol–water partition coefficient (Wildman–Crippen LogP) is 3.10. The fourth-order valence-electron chi connectivity index (χ4n) is 1.46. The van der Waals surface area contributed by atoms with E-state index in [0.29, 0.717) is 10.9 Å². The highest BCUT2D eigenvalue weighted by atomic mass is 35.5. The lowest BCUT2D eigenvalue weighted by atomic mass is 10.2. The molecule has 0 aliphatic rings. The molecule has 0 fully saturated rings. The summed E-state index contributed by atoms with van der Waals surface area (Å²) in [5, 5.41) is 0.961. The molecule has 0 spiro atoms. The Morgan fingerprint density at radius 1 is 1.32 bits per heavy atom. The Labute approximate surface area is 116 Å². The number of methoxy groups -OCH3 is 2. The summed E-state index contributed by atoms with van der Waals surface area (Å²) in [6.07, 6.45) is 1.54. The molecule has 0 radical (unpaired) electrons. The van der Waals surface area contributed by atoms with Gasteiger partial charge < -0.3 is 9.47 Å². The molecule has 0 saturated carbocycles. The summed E-state index contributed by atoms with van der Waals surface area (Å²) in [5.41, 5.74) is 0.739. The minimum absolute atomic E-state index is 0.166. The van der Waals surface area contributed by atoms with Gasteiger partial charge in [0, 0.05) is 11.6 Å². The number of aromatic nitrogens is 2. The lowest BCUT2D eigenvalue weighted by Crippen LogP contribution is -2.06. The average Bonchev–Trinajstić information content (AvgIpc) is 2.47. The van der Waals surface area contributed by atoms with Crippen molar-refractivity contribution in [2.45, 2.75) is 13.8 Å². The van der Waals surface area contributed by atoms with Gasteiger partial charge in [-0.15, -0.1) is 0 Å². The largest absolute Gasteiger partial charge is 0.480 e. The molecule has 0 saturated heterocycles. The van der Waals surface area contributed by atoms with Crippen LogP contribution in [0.5, 0.6) is 5.88 Å². The number of rotatable bonds is 2. The molecule has 0 atom stereocenters. The Morgan fingerprint density at radius 2 is 2.00 bits per heavy atom. The second kappa shape index (κ2) is 6.89. The van der Waals surface area contributed by atoms with Gasteiger partial charge in [0.1, 0.15) is 11.1 Å². The van der Waals surface area contributed by atoms with E-state index in [9.17, 15) is 4.79 Å². The Hall–Kier alpha value is -1.88. The van der Waals surface area contributed by atoms with Crippen molar-refractivity contribution in [2.75, 3.05) is 14.2 Å². The molecule has 2 heterocycles. The van der Waals surface area contributed by atoms with Crippen LogP contribution in [-0.4, -0.2) is 30.2 Å². The molecule has 2 aromatic rings. The van der Waals surface area contributed by atoms with Crippen molar-refractivity contribution in [3.8, 4) is 5.88 Å². The van der Waals surface area contributed by atoms with Crippen molar-refractivity contribution < 1.29 is 14.3 Å². The molecule has 5 nitrogen and oxygen atoms in total. The van der Waals surface area contributed by atoms with Crippen LogP contribution in [0, 0.1) is 0 Å². The maximum Gasteiger partial charge on any atom is 0.343 e. The summed E-state index contributed by atoms with van der Waals surface area (Å²) >= 11 is 5.91.